The second kappa shape index (κ2) is 3.48. The van der Waals surface area contributed by atoms with Crippen LogP contribution < -0.4 is 0 Å². The van der Waals surface area contributed by atoms with Crippen molar-refractivity contribution in [2.75, 3.05) is 21.1 Å². The Bertz CT molecular complexity index is 184. The molecule has 2 heteroatoms. The van der Waals surface area contributed by atoms with E-state index < -0.39 is 0 Å². The molecule has 0 radical (unpaired) electrons. The number of nitrogens with zero attached hydrogens (tertiary/aromatic N) is 2. The van der Waals surface area contributed by atoms with Gasteiger partial charge in [0.15, 0.2) is 0 Å². The number of likely N-dealkylation sites (N-methyl/N-ethyl adjacent to an activating group) is 2. The van der Waals surface area contributed by atoms with Gasteiger partial charge in [0.05, 0.1) is 0 Å². The van der Waals surface area contributed by atoms with Gasteiger partial charge in [0.25, 0.3) is 0 Å². The van der Waals surface area contributed by atoms with Crippen molar-refractivity contribution in [3.63, 3.8) is 0 Å². The standard InChI is InChI=1S/C10H20N2/c1-8-6-10(11(3)4)9(2)12(5)7-8/h7,9-10H,6H2,1-5H3. The molecule has 0 saturated carbocycles. The first-order valence-corrected chi connectivity index (χ1v) is 4.58. The lowest BCUT2D eigenvalue weighted by atomic mass is 9.96. The Labute approximate surface area is 75.8 Å². The van der Waals surface area contributed by atoms with Gasteiger partial charge in [-0.25, -0.2) is 0 Å². The summed E-state index contributed by atoms with van der Waals surface area (Å²) < 4.78 is 0. The summed E-state index contributed by atoms with van der Waals surface area (Å²) in [6.45, 7) is 4.49. The van der Waals surface area contributed by atoms with E-state index in [1.807, 2.05) is 0 Å². The van der Waals surface area contributed by atoms with Crippen LogP contribution in [0.3, 0.4) is 0 Å². The van der Waals surface area contributed by atoms with Crippen LogP contribution >= 0.6 is 0 Å². The van der Waals surface area contributed by atoms with Crippen molar-refractivity contribution in [2.24, 2.45) is 0 Å². The minimum absolute atomic E-state index is 0.628. The van der Waals surface area contributed by atoms with E-state index in [1.165, 1.54) is 12.0 Å². The highest BCUT2D eigenvalue weighted by Gasteiger charge is 2.25. The maximum atomic E-state index is 2.32. The van der Waals surface area contributed by atoms with E-state index in [-0.39, 0.29) is 0 Å². The van der Waals surface area contributed by atoms with Crippen LogP contribution in [0.25, 0.3) is 0 Å². The van der Waals surface area contributed by atoms with Gasteiger partial charge in [-0.15, -0.1) is 0 Å². The zero-order valence-corrected chi connectivity index (χ0v) is 8.83. The zero-order chi connectivity index (χ0) is 9.30. The molecule has 2 atom stereocenters. The third kappa shape index (κ3) is 1.81. The SMILES string of the molecule is CC1=CN(C)C(C)C(N(C)C)C1. The Hall–Kier alpha value is -0.500. The molecule has 0 aliphatic carbocycles. The summed E-state index contributed by atoms with van der Waals surface area (Å²) >= 11 is 0. The maximum absolute atomic E-state index is 2.32. The first kappa shape index (κ1) is 9.59. The molecule has 0 N–H and O–H groups in total. The molecule has 1 rings (SSSR count). The van der Waals surface area contributed by atoms with E-state index in [0.717, 1.165) is 0 Å². The molecule has 0 spiro atoms. The van der Waals surface area contributed by atoms with Crippen molar-refractivity contribution < 1.29 is 0 Å². The Morgan fingerprint density at radius 1 is 1.50 bits per heavy atom. The minimum Gasteiger partial charge on any atom is -0.376 e. The van der Waals surface area contributed by atoms with Gasteiger partial charge >= 0.3 is 0 Å². The monoisotopic (exact) mass is 168 g/mol. The molecule has 0 bridgehead atoms. The zero-order valence-electron chi connectivity index (χ0n) is 8.83. The van der Waals surface area contributed by atoms with Crippen LogP contribution in [0, 0.1) is 0 Å². The van der Waals surface area contributed by atoms with Gasteiger partial charge in [-0.2, -0.15) is 0 Å². The van der Waals surface area contributed by atoms with Crippen LogP contribution in [-0.4, -0.2) is 43.0 Å². The molecule has 2 unspecified atom stereocenters. The van der Waals surface area contributed by atoms with Gasteiger partial charge in [0.2, 0.25) is 0 Å². The molecule has 0 aromatic rings. The normalized spacial score (nSPS) is 30.8. The molecule has 1 aliphatic rings. The van der Waals surface area contributed by atoms with Crippen molar-refractivity contribution in [1.82, 2.24) is 9.80 Å². The van der Waals surface area contributed by atoms with E-state index in [1.54, 1.807) is 0 Å². The second-order valence-corrected chi connectivity index (χ2v) is 4.12. The quantitative estimate of drug-likeness (QED) is 0.586. The summed E-state index contributed by atoms with van der Waals surface area (Å²) in [4.78, 5) is 4.63. The van der Waals surface area contributed by atoms with Crippen LogP contribution in [0.2, 0.25) is 0 Å². The lowest BCUT2D eigenvalue weighted by Gasteiger charge is -2.39. The summed E-state index contributed by atoms with van der Waals surface area (Å²) in [5.74, 6) is 0. The average Bonchev–Trinajstić information content (AvgIpc) is 1.96. The lowest BCUT2D eigenvalue weighted by molar-refractivity contribution is 0.161. The summed E-state index contributed by atoms with van der Waals surface area (Å²) in [5, 5.41) is 0. The second-order valence-electron chi connectivity index (χ2n) is 4.12. The van der Waals surface area contributed by atoms with Gasteiger partial charge in [-0.1, -0.05) is 5.57 Å². The summed E-state index contributed by atoms with van der Waals surface area (Å²) in [5.41, 5.74) is 1.48. The molecule has 0 aromatic heterocycles. The predicted molar refractivity (Wildman–Crippen MR) is 53.1 cm³/mol. The average molecular weight is 168 g/mol. The first-order chi connectivity index (χ1) is 5.52. The van der Waals surface area contributed by atoms with Gasteiger partial charge in [-0.3, -0.25) is 0 Å². The van der Waals surface area contributed by atoms with Crippen LogP contribution in [0.1, 0.15) is 20.3 Å². The third-order valence-electron chi connectivity index (χ3n) is 2.82. The number of rotatable bonds is 1. The third-order valence-corrected chi connectivity index (χ3v) is 2.82. The van der Waals surface area contributed by atoms with E-state index in [4.69, 9.17) is 0 Å². The molecule has 70 valence electrons. The molecular formula is C10H20N2. The van der Waals surface area contributed by atoms with Gasteiger partial charge in [-0.05, 0) is 40.6 Å². The molecular weight excluding hydrogens is 148 g/mol. The molecule has 12 heavy (non-hydrogen) atoms. The van der Waals surface area contributed by atoms with E-state index in [2.05, 4.69) is 51.0 Å². The summed E-state index contributed by atoms with van der Waals surface area (Å²) in [6, 6.07) is 1.30. The molecule has 2 nitrogen and oxygen atoms in total. The Morgan fingerprint density at radius 2 is 2.08 bits per heavy atom. The van der Waals surface area contributed by atoms with Crippen molar-refractivity contribution in [3.05, 3.63) is 11.8 Å². The molecule has 0 amide bonds. The van der Waals surface area contributed by atoms with Gasteiger partial charge in [0, 0.05) is 19.1 Å². The minimum atomic E-state index is 0.628. The highest BCUT2D eigenvalue weighted by Crippen LogP contribution is 2.21. The van der Waals surface area contributed by atoms with Crippen molar-refractivity contribution >= 4 is 0 Å². The molecule has 0 aromatic carbocycles. The summed E-state index contributed by atoms with van der Waals surface area (Å²) in [7, 11) is 6.48. The smallest absolute Gasteiger partial charge is 0.0411 e. The Kier molecular flexibility index (Phi) is 2.78. The van der Waals surface area contributed by atoms with Crippen LogP contribution in [0.4, 0.5) is 0 Å². The number of hydrogen-bond acceptors (Lipinski definition) is 2. The van der Waals surface area contributed by atoms with Crippen molar-refractivity contribution in [1.29, 1.82) is 0 Å². The topological polar surface area (TPSA) is 6.48 Å². The maximum Gasteiger partial charge on any atom is 0.0411 e. The Morgan fingerprint density at radius 3 is 2.58 bits per heavy atom. The summed E-state index contributed by atoms with van der Waals surface area (Å²) in [6.07, 6.45) is 3.46. The fraction of sp³-hybridized carbons (Fsp3) is 0.800. The molecule has 1 aliphatic heterocycles. The van der Waals surface area contributed by atoms with Crippen LogP contribution in [0.15, 0.2) is 11.8 Å². The van der Waals surface area contributed by atoms with E-state index >= 15 is 0 Å². The highest BCUT2D eigenvalue weighted by atomic mass is 15.2. The highest BCUT2D eigenvalue weighted by molar-refractivity contribution is 5.08. The van der Waals surface area contributed by atoms with E-state index in [0.29, 0.717) is 12.1 Å². The van der Waals surface area contributed by atoms with Crippen molar-refractivity contribution in [2.45, 2.75) is 32.4 Å². The molecule has 0 saturated heterocycles. The van der Waals surface area contributed by atoms with Crippen molar-refractivity contribution in [3.8, 4) is 0 Å². The van der Waals surface area contributed by atoms with Crippen LogP contribution in [-0.2, 0) is 0 Å². The largest absolute Gasteiger partial charge is 0.376 e. The fourth-order valence-electron chi connectivity index (χ4n) is 1.90. The Balaban J connectivity index is 2.73. The predicted octanol–water partition coefficient (Wildman–Crippen LogP) is 1.54. The molecule has 0 fully saturated rings. The number of hydrogen-bond donors (Lipinski definition) is 0. The van der Waals surface area contributed by atoms with Gasteiger partial charge in [0.1, 0.15) is 0 Å². The molecule has 1 heterocycles. The van der Waals surface area contributed by atoms with Gasteiger partial charge < -0.3 is 9.80 Å². The van der Waals surface area contributed by atoms with E-state index in [9.17, 15) is 0 Å². The lowest BCUT2D eigenvalue weighted by Crippen LogP contribution is -2.47. The first-order valence-electron chi connectivity index (χ1n) is 4.58. The van der Waals surface area contributed by atoms with Crippen LogP contribution in [0.5, 0.6) is 0 Å². The fourth-order valence-corrected chi connectivity index (χ4v) is 1.90.